The first kappa shape index (κ1) is 16.2. The Morgan fingerprint density at radius 1 is 1.25 bits per heavy atom. The minimum absolute atomic E-state index is 0.312. The van der Waals surface area contributed by atoms with Crippen molar-refractivity contribution in [2.24, 2.45) is 11.8 Å². The molecule has 1 saturated heterocycles. The Bertz CT molecular complexity index is 418. The summed E-state index contributed by atoms with van der Waals surface area (Å²) in [5.74, 6) is 0.934. The molecule has 2 N–H and O–H groups in total. The van der Waals surface area contributed by atoms with Gasteiger partial charge >= 0.3 is 0 Å². The summed E-state index contributed by atoms with van der Waals surface area (Å²) >= 11 is 0. The fraction of sp³-hybridized carbons (Fsp3) is 1.00. The molecule has 1 aliphatic carbocycles. The van der Waals surface area contributed by atoms with Crippen LogP contribution in [0.2, 0.25) is 0 Å². The van der Waals surface area contributed by atoms with Crippen LogP contribution in [0.3, 0.4) is 0 Å². The van der Waals surface area contributed by atoms with Gasteiger partial charge in [0.1, 0.15) is 0 Å². The maximum atomic E-state index is 12.5. The average Bonchev–Trinajstić information content (AvgIpc) is 3.20. The first-order chi connectivity index (χ1) is 9.35. The van der Waals surface area contributed by atoms with Crippen molar-refractivity contribution in [1.82, 2.24) is 14.3 Å². The van der Waals surface area contributed by atoms with E-state index < -0.39 is 10.2 Å². The molecule has 20 heavy (non-hydrogen) atoms. The normalized spacial score (nSPS) is 25.9. The van der Waals surface area contributed by atoms with Gasteiger partial charge in [0.05, 0.1) is 0 Å². The van der Waals surface area contributed by atoms with E-state index in [4.69, 9.17) is 0 Å². The van der Waals surface area contributed by atoms with Gasteiger partial charge in [0.15, 0.2) is 0 Å². The first-order valence-electron chi connectivity index (χ1n) is 7.85. The van der Waals surface area contributed by atoms with E-state index in [2.05, 4.69) is 17.0 Å². The molecule has 1 saturated carbocycles. The lowest BCUT2D eigenvalue weighted by Crippen LogP contribution is -2.54. The summed E-state index contributed by atoms with van der Waals surface area (Å²) in [5, 5.41) is 3.32. The number of nitrogens with one attached hydrogen (secondary N) is 2. The fourth-order valence-corrected chi connectivity index (χ4v) is 4.78. The largest absolute Gasteiger partial charge is 0.317 e. The highest BCUT2D eigenvalue weighted by Crippen LogP contribution is 2.39. The summed E-state index contributed by atoms with van der Waals surface area (Å²) < 4.78 is 29.7. The van der Waals surface area contributed by atoms with E-state index in [1.54, 1.807) is 4.31 Å². The van der Waals surface area contributed by atoms with Gasteiger partial charge in [-0.15, -0.1) is 0 Å². The van der Waals surface area contributed by atoms with Crippen LogP contribution in [0.1, 0.15) is 46.5 Å². The second kappa shape index (κ2) is 6.30. The Kier molecular flexibility index (Phi) is 5.10. The van der Waals surface area contributed by atoms with Gasteiger partial charge in [-0.25, -0.2) is 0 Å². The maximum absolute atomic E-state index is 12.5. The lowest BCUT2D eigenvalue weighted by Gasteiger charge is -2.35. The molecular formula is C14H29N3O2S. The molecule has 2 rings (SSSR count). The molecule has 118 valence electrons. The van der Waals surface area contributed by atoms with Crippen LogP contribution < -0.4 is 10.0 Å². The lowest BCUT2D eigenvalue weighted by molar-refractivity contribution is 0.253. The fourth-order valence-electron chi connectivity index (χ4n) is 3.05. The zero-order valence-electron chi connectivity index (χ0n) is 13.0. The van der Waals surface area contributed by atoms with Crippen LogP contribution in [0, 0.1) is 11.8 Å². The molecule has 1 heterocycles. The number of piperidine rings is 1. The Labute approximate surface area is 123 Å². The highest BCUT2D eigenvalue weighted by Gasteiger charge is 2.42. The van der Waals surface area contributed by atoms with Crippen LogP contribution in [-0.2, 0) is 10.2 Å². The molecule has 0 bridgehead atoms. The van der Waals surface area contributed by atoms with Crippen molar-refractivity contribution in [2.45, 2.75) is 52.0 Å². The van der Waals surface area contributed by atoms with Gasteiger partial charge in [-0.1, -0.05) is 6.92 Å². The third-order valence-electron chi connectivity index (χ3n) is 4.49. The Morgan fingerprint density at radius 3 is 2.55 bits per heavy atom. The van der Waals surface area contributed by atoms with Gasteiger partial charge in [0.2, 0.25) is 0 Å². The zero-order chi connectivity index (χ0) is 14.8. The Balaban J connectivity index is 1.94. The van der Waals surface area contributed by atoms with Crippen molar-refractivity contribution in [3.05, 3.63) is 0 Å². The quantitative estimate of drug-likeness (QED) is 0.746. The van der Waals surface area contributed by atoms with Gasteiger partial charge in [-0.2, -0.15) is 17.4 Å². The number of nitrogens with zero attached hydrogens (tertiary/aromatic N) is 1. The van der Waals surface area contributed by atoms with Crippen molar-refractivity contribution in [3.8, 4) is 0 Å². The summed E-state index contributed by atoms with van der Waals surface area (Å²) in [6.07, 6.45) is 4.35. The molecule has 1 atom stereocenters. The second-order valence-corrected chi connectivity index (χ2v) is 8.45. The molecule has 0 aromatic carbocycles. The molecule has 0 aromatic heterocycles. The minimum atomic E-state index is -3.35. The molecule has 0 radical (unpaired) electrons. The number of hydrogen-bond acceptors (Lipinski definition) is 3. The van der Waals surface area contributed by atoms with E-state index in [0.29, 0.717) is 24.9 Å². The third kappa shape index (κ3) is 4.16. The summed E-state index contributed by atoms with van der Waals surface area (Å²) in [6.45, 7) is 9.23. The smallest absolute Gasteiger partial charge is 0.279 e. The lowest BCUT2D eigenvalue weighted by atomic mass is 10.00. The predicted molar refractivity (Wildman–Crippen MR) is 81.7 cm³/mol. The van der Waals surface area contributed by atoms with Crippen molar-refractivity contribution < 1.29 is 8.42 Å². The van der Waals surface area contributed by atoms with Crippen molar-refractivity contribution in [1.29, 1.82) is 0 Å². The van der Waals surface area contributed by atoms with Gasteiger partial charge in [0, 0.05) is 18.6 Å². The van der Waals surface area contributed by atoms with Crippen molar-refractivity contribution >= 4 is 10.2 Å². The standard InChI is InChI=1S/C14H29N3O2S/c1-4-15-10-12-6-5-9-17(11-12)20(18,19)16-14(2,3)13-7-8-13/h12-13,15-16H,4-11H2,1-3H3. The molecule has 1 unspecified atom stereocenters. The van der Waals surface area contributed by atoms with Crippen LogP contribution in [0.4, 0.5) is 0 Å². The number of hydrogen-bond donors (Lipinski definition) is 2. The number of rotatable bonds is 7. The summed E-state index contributed by atoms with van der Waals surface area (Å²) in [6, 6.07) is 0. The monoisotopic (exact) mass is 303 g/mol. The van der Waals surface area contributed by atoms with Crippen LogP contribution in [-0.4, -0.2) is 44.4 Å². The zero-order valence-corrected chi connectivity index (χ0v) is 13.8. The van der Waals surface area contributed by atoms with E-state index in [9.17, 15) is 8.42 Å². The Morgan fingerprint density at radius 2 is 1.95 bits per heavy atom. The van der Waals surface area contributed by atoms with E-state index in [1.165, 1.54) is 0 Å². The van der Waals surface area contributed by atoms with Gasteiger partial charge in [-0.05, 0) is 64.5 Å². The predicted octanol–water partition coefficient (Wildman–Crippen LogP) is 1.33. The van der Waals surface area contributed by atoms with Gasteiger partial charge in [-0.3, -0.25) is 0 Å². The molecule has 0 spiro atoms. The van der Waals surface area contributed by atoms with Crippen LogP contribution in [0.15, 0.2) is 0 Å². The molecule has 0 aromatic rings. The van der Waals surface area contributed by atoms with Crippen molar-refractivity contribution in [3.63, 3.8) is 0 Å². The first-order valence-corrected chi connectivity index (χ1v) is 9.29. The Hall–Kier alpha value is -0.170. The summed E-state index contributed by atoms with van der Waals surface area (Å²) in [5.41, 5.74) is -0.312. The third-order valence-corrected chi connectivity index (χ3v) is 6.29. The summed E-state index contributed by atoms with van der Waals surface area (Å²) in [7, 11) is -3.35. The van der Waals surface area contributed by atoms with Crippen molar-refractivity contribution in [2.75, 3.05) is 26.2 Å². The summed E-state index contributed by atoms with van der Waals surface area (Å²) in [4.78, 5) is 0. The second-order valence-electron chi connectivity index (χ2n) is 6.78. The topological polar surface area (TPSA) is 61.4 Å². The SMILES string of the molecule is CCNCC1CCCN(S(=O)(=O)NC(C)(C)C2CC2)C1. The van der Waals surface area contributed by atoms with Crippen LogP contribution >= 0.6 is 0 Å². The van der Waals surface area contributed by atoms with Gasteiger partial charge in [0.25, 0.3) is 10.2 Å². The molecule has 6 heteroatoms. The molecule has 0 amide bonds. The molecular weight excluding hydrogens is 274 g/mol. The van der Waals surface area contributed by atoms with E-state index in [-0.39, 0.29) is 5.54 Å². The highest BCUT2D eigenvalue weighted by molar-refractivity contribution is 7.87. The average molecular weight is 303 g/mol. The highest BCUT2D eigenvalue weighted by atomic mass is 32.2. The molecule has 5 nitrogen and oxygen atoms in total. The van der Waals surface area contributed by atoms with E-state index >= 15 is 0 Å². The maximum Gasteiger partial charge on any atom is 0.279 e. The molecule has 1 aliphatic heterocycles. The minimum Gasteiger partial charge on any atom is -0.317 e. The van der Waals surface area contributed by atoms with E-state index in [1.807, 2.05) is 13.8 Å². The van der Waals surface area contributed by atoms with Gasteiger partial charge < -0.3 is 5.32 Å². The van der Waals surface area contributed by atoms with E-state index in [0.717, 1.165) is 38.8 Å². The molecule has 2 aliphatic rings. The van der Waals surface area contributed by atoms with Crippen LogP contribution in [0.25, 0.3) is 0 Å². The molecule has 2 fully saturated rings. The van der Waals surface area contributed by atoms with Crippen LogP contribution in [0.5, 0.6) is 0 Å².